The number of nitrogens with zero attached hydrogens (tertiary/aromatic N) is 9. The van der Waals surface area contributed by atoms with Gasteiger partial charge in [0.05, 0.1) is 35.0 Å². The van der Waals surface area contributed by atoms with Gasteiger partial charge in [-0.3, -0.25) is 37.9 Å². The molecule has 6 amide bonds. The number of phosphoric acid groups is 3. The minimum Gasteiger partial charge on any atom is -0.491 e. The van der Waals surface area contributed by atoms with Gasteiger partial charge < -0.3 is 85.9 Å². The Kier molecular flexibility index (Phi) is 30.6. The maximum atomic E-state index is 14.3. The van der Waals surface area contributed by atoms with Crippen LogP contribution in [0.1, 0.15) is 83.0 Å². The molecule has 7 unspecified atom stereocenters. The average Bonchev–Trinajstić information content (AvgIpc) is 1.73. The van der Waals surface area contributed by atoms with Crippen molar-refractivity contribution in [3.63, 3.8) is 0 Å². The van der Waals surface area contributed by atoms with E-state index in [1.165, 1.54) is 29.5 Å². The van der Waals surface area contributed by atoms with Crippen LogP contribution in [0.15, 0.2) is 163 Å². The monoisotopic (exact) mass is 1660 g/mol. The summed E-state index contributed by atoms with van der Waals surface area (Å²) in [5.41, 5.74) is 27.2. The lowest BCUT2D eigenvalue weighted by atomic mass is 9.91. The number of aromatic nitrogens is 3. The molecule has 1 fully saturated rings. The van der Waals surface area contributed by atoms with Crippen LogP contribution >= 0.6 is 34.8 Å². The third-order valence-electron chi connectivity index (χ3n) is 17.1. The fourth-order valence-electron chi connectivity index (χ4n) is 11.8. The Morgan fingerprint density at radius 3 is 2.37 bits per heavy atom. The van der Waals surface area contributed by atoms with Crippen LogP contribution in [0.25, 0.3) is 63.8 Å². The number of amides is 6. The van der Waals surface area contributed by atoms with Crippen molar-refractivity contribution in [1.29, 1.82) is 0 Å². The Balaban J connectivity index is 0.660. The van der Waals surface area contributed by atoms with Crippen molar-refractivity contribution in [3.8, 4) is 39.3 Å². The zero-order chi connectivity index (χ0) is 82.1. The number of para-hydroxylation sites is 1. The van der Waals surface area contributed by atoms with E-state index in [0.29, 0.717) is 57.5 Å². The van der Waals surface area contributed by atoms with Crippen molar-refractivity contribution in [2.75, 3.05) is 76.9 Å². The van der Waals surface area contributed by atoms with E-state index in [-0.39, 0.29) is 85.8 Å². The number of anilines is 2. The summed E-state index contributed by atoms with van der Waals surface area (Å²) in [5.74, 6) is 1.83. The highest BCUT2D eigenvalue weighted by Crippen LogP contribution is 2.66. The molecule has 7 atom stereocenters. The number of rotatable bonds is 38. The second-order valence-electron chi connectivity index (χ2n) is 25.2. The van der Waals surface area contributed by atoms with Gasteiger partial charge in [-0.2, -0.15) is 13.6 Å². The molecule has 0 bridgehead atoms. The van der Waals surface area contributed by atoms with Crippen LogP contribution in [-0.2, 0) is 66.6 Å². The van der Waals surface area contributed by atoms with Crippen molar-refractivity contribution in [1.82, 2.24) is 46.4 Å². The SMILES string of the molecule is [N-]=[N+]=NCOC1CC(n2cc(C#CCNC(=O)COC(COc3cccc(C(=O)NCCCCCNC(=O)C(CNC(=O)C4=C/C=C\C=C/C=C\4)NC(=O)CCCNC(=O)c4ccccc4-c4c(-c5nc6ccccc6s5)c(=O)oc5cc6c(cc45)CCCN6)c3)N=[N+]=[N-])c(N)nc2=O)OC1COP(=O)(O)OP(=O)(O)OP(=O)(O)O. The number of hydrogen-bond acceptors (Lipinski definition) is 26. The highest BCUT2D eigenvalue weighted by molar-refractivity contribution is 7.66. The molecule has 604 valence electrons. The van der Waals surface area contributed by atoms with Crippen LogP contribution in [0.2, 0.25) is 0 Å². The lowest BCUT2D eigenvalue weighted by Gasteiger charge is -2.21. The largest absolute Gasteiger partial charge is 0.491 e. The molecule has 4 aromatic carbocycles. The van der Waals surface area contributed by atoms with Gasteiger partial charge in [-0.25, -0.2) is 28.3 Å². The molecule has 115 heavy (non-hydrogen) atoms. The van der Waals surface area contributed by atoms with Crippen LogP contribution in [0.5, 0.6) is 5.75 Å². The van der Waals surface area contributed by atoms with E-state index in [2.05, 4.69) is 87.2 Å². The molecule has 5 heterocycles. The summed E-state index contributed by atoms with van der Waals surface area (Å²) in [5, 5.41) is 27.7. The van der Waals surface area contributed by atoms with Gasteiger partial charge in [-0.15, -0.1) is 11.3 Å². The molecule has 3 aliphatic rings. The van der Waals surface area contributed by atoms with E-state index in [4.69, 9.17) is 49.4 Å². The summed E-state index contributed by atoms with van der Waals surface area (Å²) in [4.78, 5) is 159. The van der Waals surface area contributed by atoms with Crippen LogP contribution < -0.4 is 59.0 Å². The van der Waals surface area contributed by atoms with Crippen molar-refractivity contribution in [3.05, 3.63) is 203 Å². The normalized spacial score (nSPS) is 17.8. The predicted octanol–water partition coefficient (Wildman–Crippen LogP) is 7.15. The van der Waals surface area contributed by atoms with E-state index in [0.717, 1.165) is 46.1 Å². The molecule has 13 N–H and O–H groups in total. The number of allylic oxidation sites excluding steroid dienone is 6. The molecular weight excluding hydrogens is 1580 g/mol. The first-order valence-corrected chi connectivity index (χ1v) is 40.6. The number of carbonyl (C=O) groups is 6. The summed E-state index contributed by atoms with van der Waals surface area (Å²) in [6, 6.07) is 23.1. The number of unbranched alkanes of at least 4 members (excludes halogenated alkanes) is 2. The lowest BCUT2D eigenvalue weighted by molar-refractivity contribution is -0.129. The summed E-state index contributed by atoms with van der Waals surface area (Å²) < 4.78 is 77.5. The second-order valence-corrected chi connectivity index (χ2v) is 30.6. The number of aryl methyl sites for hydroxylation is 1. The average molecular weight is 1660 g/mol. The molecule has 0 spiro atoms. The number of nitrogens with one attached hydrogen (secondary N) is 7. The van der Waals surface area contributed by atoms with Crippen molar-refractivity contribution in [2.24, 2.45) is 10.2 Å². The molecule has 44 heteroatoms. The van der Waals surface area contributed by atoms with Crippen LogP contribution in [0.4, 0.5) is 11.5 Å². The van der Waals surface area contributed by atoms with Gasteiger partial charge in [0.2, 0.25) is 17.7 Å². The standard InChI is InChI=1S/C71H76N17O23P3S/c72-64-46(38-88(71(96)84-64)61-36-55(106-42-81-86-73)56(108-61)39-107-113(100,101)111-114(102,103)110-112(97,98)99)21-15-31-76-59(90)40-105-60(85-87-74)41-104-47-22-13-19-45(33-47)66(92)77-28-11-4-12-29-79-68(94)53(37-80-65(91)43-17-5-2-1-3-6-18-43)82-58(89)27-16-32-78-67(93)49-24-8-7-23-48(49)62-50-34-44-20-14-30-75-52(44)35-54(50)109-70(95)63(62)69-83-51-25-9-10-26-57(51)115-69/h1-3,5-10,13,17-19,22-26,33-35,38,53,55-56,60-61,75H,4,11-12,14,16,20,27-32,36-37,39-42H2,(H,76,90)(H,77,92)(H,78,93)(H,79,94)(H,80,91)(H,82,89)(H,100,101)(H,102,103)(H2,72,84,96)(H2,97,98,99)/b2-1-,3-1?,5-2?,6-3-,17-5-,18-6?,43-17?,43-18+. The van der Waals surface area contributed by atoms with E-state index in [1.807, 2.05) is 36.4 Å². The number of ether oxygens (including phenoxy) is 4. The first-order chi connectivity index (χ1) is 55.2. The number of nitrogen functional groups attached to an aromatic ring is 1. The molecule has 0 saturated carbocycles. The predicted molar refractivity (Wildman–Crippen MR) is 415 cm³/mol. The number of hydrogen-bond donors (Lipinski definition) is 12. The smallest absolute Gasteiger partial charge is 0.490 e. The zero-order valence-corrected chi connectivity index (χ0v) is 64.2. The van der Waals surface area contributed by atoms with Gasteiger partial charge in [0.1, 0.15) is 66.0 Å². The van der Waals surface area contributed by atoms with E-state index < -0.39 is 127 Å². The van der Waals surface area contributed by atoms with Gasteiger partial charge >= 0.3 is 34.8 Å². The molecule has 7 aromatic rings. The maximum absolute atomic E-state index is 14.3. The Hall–Kier alpha value is -11.5. The Bertz CT molecular complexity index is 5360. The summed E-state index contributed by atoms with van der Waals surface area (Å²) >= 11 is 1.34. The van der Waals surface area contributed by atoms with Crippen molar-refractivity contribution < 1.29 is 98.5 Å². The number of benzene rings is 4. The first kappa shape index (κ1) is 85.9. The molecule has 3 aromatic heterocycles. The summed E-state index contributed by atoms with van der Waals surface area (Å²) in [6.07, 6.45) is 10.7. The summed E-state index contributed by atoms with van der Waals surface area (Å²) in [7, 11) is -17.2. The topological polar surface area (TPSA) is 585 Å². The number of nitrogens with two attached hydrogens (primary N) is 1. The van der Waals surface area contributed by atoms with Crippen LogP contribution in [-0.4, -0.2) is 160 Å². The minimum atomic E-state index is -5.88. The first-order valence-electron chi connectivity index (χ1n) is 35.3. The number of phosphoric ester groups is 1. The van der Waals surface area contributed by atoms with Gasteiger partial charge in [-0.1, -0.05) is 88.8 Å². The van der Waals surface area contributed by atoms with Gasteiger partial charge in [0.15, 0.2) is 6.23 Å². The number of carbonyl (C=O) groups excluding carboxylic acids is 6. The van der Waals surface area contributed by atoms with Gasteiger partial charge in [-0.05, 0) is 115 Å². The summed E-state index contributed by atoms with van der Waals surface area (Å²) in [6.45, 7) is -2.04. The minimum absolute atomic E-state index is 0.0505. The van der Waals surface area contributed by atoms with Crippen molar-refractivity contribution in [2.45, 2.75) is 82.1 Å². The molecule has 2 aliphatic heterocycles. The molecule has 40 nitrogen and oxygen atoms in total. The second kappa shape index (κ2) is 41.0. The van der Waals surface area contributed by atoms with E-state index in [1.54, 1.807) is 72.9 Å². The fourth-order valence-corrected chi connectivity index (χ4v) is 15.8. The molecule has 10 rings (SSSR count). The third-order valence-corrected chi connectivity index (χ3v) is 21.9. The van der Waals surface area contributed by atoms with E-state index >= 15 is 0 Å². The van der Waals surface area contributed by atoms with E-state index in [9.17, 15) is 67.4 Å². The Morgan fingerprint density at radius 2 is 1.57 bits per heavy atom. The molecule has 0 radical (unpaired) electrons. The molecule has 1 saturated heterocycles. The zero-order valence-electron chi connectivity index (χ0n) is 60.7. The number of thiazole rings is 1. The van der Waals surface area contributed by atoms with Crippen molar-refractivity contribution >= 4 is 103 Å². The van der Waals surface area contributed by atoms with Gasteiger partial charge in [0.25, 0.3) is 17.7 Å². The van der Waals surface area contributed by atoms with Gasteiger partial charge in [0, 0.05) is 101 Å². The highest BCUT2D eigenvalue weighted by atomic mass is 32.1. The number of fused-ring (bicyclic) bond motifs is 3. The molecular formula is C71H76N17O23P3S. The lowest BCUT2D eigenvalue weighted by Crippen LogP contribution is -2.53. The van der Waals surface area contributed by atoms with Crippen LogP contribution in [0, 0.1) is 11.8 Å². The quantitative estimate of drug-likeness (QED) is 0.00347. The molecule has 1 aliphatic carbocycles. The van der Waals surface area contributed by atoms with Crippen LogP contribution in [0.3, 0.4) is 0 Å². The number of azide groups is 2. The Morgan fingerprint density at radius 1 is 0.809 bits per heavy atom. The Labute approximate surface area is 656 Å². The highest BCUT2D eigenvalue weighted by Gasteiger charge is 2.44. The third kappa shape index (κ3) is 25.3. The maximum Gasteiger partial charge on any atom is 0.490 e. The fraction of sp³-hybridized carbons (Fsp3) is 0.324.